The summed E-state index contributed by atoms with van der Waals surface area (Å²) in [5.41, 5.74) is 1.70. The number of carbonyl (C=O) groups excluding carboxylic acids is 1. The molecule has 2 nitrogen and oxygen atoms in total. The number of hydrogen-bond donors (Lipinski definition) is 0. The summed E-state index contributed by atoms with van der Waals surface area (Å²) in [6.07, 6.45) is 5.17. The maximum absolute atomic E-state index is 11.3. The number of nitrogens with zero attached hydrogens (tertiary/aromatic N) is 1. The average Bonchev–Trinajstić information content (AvgIpc) is 2.58. The van der Waals surface area contributed by atoms with Gasteiger partial charge in [-0.1, -0.05) is 31.0 Å². The molecule has 0 radical (unpaired) electrons. The highest BCUT2D eigenvalue weighted by Gasteiger charge is 2.13. The van der Waals surface area contributed by atoms with Crippen LogP contribution in [0.25, 0.3) is 0 Å². The van der Waals surface area contributed by atoms with E-state index in [0.29, 0.717) is 5.56 Å². The Morgan fingerprint density at radius 3 is 2.41 bits per heavy atom. The van der Waals surface area contributed by atoms with Crippen molar-refractivity contribution in [3.63, 3.8) is 0 Å². The van der Waals surface area contributed by atoms with Gasteiger partial charge in [0, 0.05) is 12.1 Å². The third-order valence-electron chi connectivity index (χ3n) is 3.32. The lowest BCUT2D eigenvalue weighted by molar-refractivity contribution is 0.107. The molecule has 1 aromatic rings. The molecule has 0 aliphatic carbocycles. The average molecular weight is 252 g/mol. The van der Waals surface area contributed by atoms with Gasteiger partial charge in [0.1, 0.15) is 0 Å². The molecule has 0 unspecified atom stereocenters. The van der Waals surface area contributed by atoms with Crippen LogP contribution in [0.1, 0.15) is 41.6 Å². The quantitative estimate of drug-likeness (QED) is 0.767. The van der Waals surface area contributed by atoms with E-state index in [9.17, 15) is 4.79 Å². The molecule has 1 fully saturated rings. The Hall–Kier alpha value is -0.860. The second kappa shape index (κ2) is 6.18. The van der Waals surface area contributed by atoms with Crippen molar-refractivity contribution in [2.75, 3.05) is 13.1 Å². The zero-order valence-electron chi connectivity index (χ0n) is 9.99. The summed E-state index contributed by atoms with van der Waals surface area (Å²) in [6, 6.07) is 7.64. The molecule has 1 aliphatic heterocycles. The van der Waals surface area contributed by atoms with Gasteiger partial charge in [0.05, 0.1) is 0 Å². The second-order valence-electron chi connectivity index (χ2n) is 4.62. The molecule has 3 heteroatoms. The van der Waals surface area contributed by atoms with E-state index < -0.39 is 0 Å². The standard InChI is InChI=1S/C14H18ClNO/c15-14(17)13-8-4-3-7-12(13)11-16-9-5-1-2-6-10-16/h3-4,7-8H,1-2,5-6,9-11H2. The largest absolute Gasteiger partial charge is 0.299 e. The highest BCUT2D eigenvalue weighted by Crippen LogP contribution is 2.17. The van der Waals surface area contributed by atoms with Crippen LogP contribution in [0.15, 0.2) is 24.3 Å². The number of halogens is 1. The van der Waals surface area contributed by atoms with Gasteiger partial charge in [-0.3, -0.25) is 9.69 Å². The molecule has 17 heavy (non-hydrogen) atoms. The third kappa shape index (κ3) is 3.55. The summed E-state index contributed by atoms with van der Waals surface area (Å²) in [6.45, 7) is 3.10. The minimum Gasteiger partial charge on any atom is -0.299 e. The molecule has 92 valence electrons. The van der Waals surface area contributed by atoms with Crippen molar-refractivity contribution in [3.05, 3.63) is 35.4 Å². The lowest BCUT2D eigenvalue weighted by Gasteiger charge is -2.20. The van der Waals surface area contributed by atoms with Gasteiger partial charge in [0.25, 0.3) is 5.24 Å². The highest BCUT2D eigenvalue weighted by atomic mass is 35.5. The number of hydrogen-bond acceptors (Lipinski definition) is 2. The first-order valence-electron chi connectivity index (χ1n) is 6.27. The van der Waals surface area contributed by atoms with Crippen LogP contribution in [0.4, 0.5) is 0 Å². The van der Waals surface area contributed by atoms with Crippen LogP contribution in [0.5, 0.6) is 0 Å². The minimum absolute atomic E-state index is 0.351. The van der Waals surface area contributed by atoms with E-state index in [0.717, 1.165) is 25.2 Å². The van der Waals surface area contributed by atoms with Crippen molar-refractivity contribution >= 4 is 16.8 Å². The molecule has 0 spiro atoms. The number of rotatable bonds is 3. The SMILES string of the molecule is O=C(Cl)c1ccccc1CN1CCCCCC1. The fourth-order valence-corrected chi connectivity index (χ4v) is 2.57. The van der Waals surface area contributed by atoms with Gasteiger partial charge in [0.2, 0.25) is 0 Å². The predicted octanol–water partition coefficient (Wildman–Crippen LogP) is 3.44. The van der Waals surface area contributed by atoms with E-state index in [4.69, 9.17) is 11.6 Å². The Morgan fingerprint density at radius 2 is 1.76 bits per heavy atom. The Kier molecular flexibility index (Phi) is 4.57. The zero-order valence-corrected chi connectivity index (χ0v) is 10.7. The van der Waals surface area contributed by atoms with Gasteiger partial charge in [-0.15, -0.1) is 0 Å². The summed E-state index contributed by atoms with van der Waals surface area (Å²) < 4.78 is 0. The first kappa shape index (κ1) is 12.6. The number of carbonyl (C=O) groups is 1. The normalized spacial score (nSPS) is 17.7. The number of benzene rings is 1. The Morgan fingerprint density at radius 1 is 1.12 bits per heavy atom. The fraction of sp³-hybridized carbons (Fsp3) is 0.500. The van der Waals surface area contributed by atoms with E-state index in [1.165, 1.54) is 25.7 Å². The predicted molar refractivity (Wildman–Crippen MR) is 70.4 cm³/mol. The summed E-state index contributed by atoms with van der Waals surface area (Å²) >= 11 is 5.60. The molecule has 0 N–H and O–H groups in total. The molecular weight excluding hydrogens is 234 g/mol. The molecule has 0 atom stereocenters. The van der Waals surface area contributed by atoms with Crippen molar-refractivity contribution in [1.82, 2.24) is 4.90 Å². The molecule has 1 saturated heterocycles. The molecule has 0 amide bonds. The van der Waals surface area contributed by atoms with E-state index >= 15 is 0 Å². The van der Waals surface area contributed by atoms with Crippen LogP contribution in [0, 0.1) is 0 Å². The maximum Gasteiger partial charge on any atom is 0.252 e. The van der Waals surface area contributed by atoms with Gasteiger partial charge in [0.15, 0.2) is 0 Å². The van der Waals surface area contributed by atoms with Crippen LogP contribution < -0.4 is 0 Å². The molecule has 0 aromatic heterocycles. The molecule has 0 saturated carbocycles. The van der Waals surface area contributed by atoms with Crippen molar-refractivity contribution in [3.8, 4) is 0 Å². The summed E-state index contributed by atoms with van der Waals surface area (Å²) in [5.74, 6) is 0. The summed E-state index contributed by atoms with van der Waals surface area (Å²) in [7, 11) is 0. The topological polar surface area (TPSA) is 20.3 Å². The van der Waals surface area contributed by atoms with E-state index in [-0.39, 0.29) is 5.24 Å². The van der Waals surface area contributed by atoms with E-state index in [1.807, 2.05) is 24.3 Å². The first-order valence-corrected chi connectivity index (χ1v) is 6.65. The van der Waals surface area contributed by atoms with Gasteiger partial charge in [-0.25, -0.2) is 0 Å². The Labute approximate surface area is 108 Å². The molecular formula is C14H18ClNO. The zero-order chi connectivity index (χ0) is 12.1. The Balaban J connectivity index is 2.09. The van der Waals surface area contributed by atoms with Crippen LogP contribution in [-0.2, 0) is 6.54 Å². The third-order valence-corrected chi connectivity index (χ3v) is 3.53. The molecule has 0 bridgehead atoms. The molecule has 1 heterocycles. The van der Waals surface area contributed by atoms with E-state index in [1.54, 1.807) is 0 Å². The fourth-order valence-electron chi connectivity index (χ4n) is 2.39. The first-order chi connectivity index (χ1) is 8.27. The Bertz CT molecular complexity index is 384. The van der Waals surface area contributed by atoms with Gasteiger partial charge < -0.3 is 0 Å². The molecule has 1 aromatic carbocycles. The smallest absolute Gasteiger partial charge is 0.252 e. The van der Waals surface area contributed by atoms with Crippen LogP contribution in [0.3, 0.4) is 0 Å². The van der Waals surface area contributed by atoms with Crippen molar-refractivity contribution < 1.29 is 4.79 Å². The van der Waals surface area contributed by atoms with Gasteiger partial charge in [-0.05, 0) is 49.2 Å². The molecule has 1 aliphatic rings. The van der Waals surface area contributed by atoms with Gasteiger partial charge in [-0.2, -0.15) is 0 Å². The number of likely N-dealkylation sites (tertiary alicyclic amines) is 1. The lowest BCUT2D eigenvalue weighted by Crippen LogP contribution is -2.24. The second-order valence-corrected chi connectivity index (χ2v) is 4.96. The monoisotopic (exact) mass is 251 g/mol. The van der Waals surface area contributed by atoms with Crippen LogP contribution in [-0.4, -0.2) is 23.2 Å². The summed E-state index contributed by atoms with van der Waals surface area (Å²) in [4.78, 5) is 13.7. The van der Waals surface area contributed by atoms with Crippen LogP contribution in [0.2, 0.25) is 0 Å². The lowest BCUT2D eigenvalue weighted by atomic mass is 10.1. The van der Waals surface area contributed by atoms with E-state index in [2.05, 4.69) is 4.90 Å². The maximum atomic E-state index is 11.3. The van der Waals surface area contributed by atoms with Crippen molar-refractivity contribution in [1.29, 1.82) is 0 Å². The van der Waals surface area contributed by atoms with Crippen molar-refractivity contribution in [2.24, 2.45) is 0 Å². The highest BCUT2D eigenvalue weighted by molar-refractivity contribution is 6.67. The van der Waals surface area contributed by atoms with Crippen molar-refractivity contribution in [2.45, 2.75) is 32.2 Å². The van der Waals surface area contributed by atoms with Gasteiger partial charge >= 0.3 is 0 Å². The molecule has 2 rings (SSSR count). The summed E-state index contributed by atoms with van der Waals surface area (Å²) in [5, 5.41) is -0.351. The van der Waals surface area contributed by atoms with Crippen LogP contribution >= 0.6 is 11.6 Å². The minimum atomic E-state index is -0.351.